The van der Waals surface area contributed by atoms with Gasteiger partial charge in [-0.1, -0.05) is 61.7 Å². The molecule has 0 amide bonds. The molecule has 1 saturated carbocycles. The van der Waals surface area contributed by atoms with Crippen LogP contribution in [-0.4, -0.2) is 16.1 Å². The van der Waals surface area contributed by atoms with Crippen molar-refractivity contribution < 1.29 is 4.79 Å². The number of para-hydroxylation sites is 1. The van der Waals surface area contributed by atoms with Crippen LogP contribution in [0, 0.1) is 0 Å². The predicted molar refractivity (Wildman–Crippen MR) is 100 cm³/mol. The zero-order valence-electron chi connectivity index (χ0n) is 14.3. The number of carbonyl (C=O) groups excluding carboxylic acids is 1. The summed E-state index contributed by atoms with van der Waals surface area (Å²) in [5.74, 6) is 0.690. The average molecular weight is 330 g/mol. The van der Waals surface area contributed by atoms with Gasteiger partial charge in [0.2, 0.25) is 0 Å². The van der Waals surface area contributed by atoms with E-state index in [1.807, 2.05) is 30.3 Å². The normalized spacial score (nSPS) is 15.2. The van der Waals surface area contributed by atoms with E-state index in [1.165, 1.54) is 37.7 Å². The number of nitrogens with zero attached hydrogens (tertiary/aromatic N) is 2. The van der Waals surface area contributed by atoms with Crippen LogP contribution in [0.15, 0.2) is 60.8 Å². The van der Waals surface area contributed by atoms with Crippen LogP contribution in [0.4, 0.5) is 0 Å². The maximum atomic E-state index is 11.5. The highest BCUT2D eigenvalue weighted by Gasteiger charge is 2.16. The van der Waals surface area contributed by atoms with Crippen molar-refractivity contribution >= 4 is 6.29 Å². The molecule has 0 unspecified atom stereocenters. The summed E-state index contributed by atoms with van der Waals surface area (Å²) in [7, 11) is 0. The molecule has 0 bridgehead atoms. The largest absolute Gasteiger partial charge is 0.298 e. The molecular weight excluding hydrogens is 308 g/mol. The predicted octanol–water partition coefficient (Wildman–Crippen LogP) is 5.40. The summed E-state index contributed by atoms with van der Waals surface area (Å²) >= 11 is 0. The lowest BCUT2D eigenvalue weighted by Gasteiger charge is -2.22. The van der Waals surface area contributed by atoms with E-state index in [2.05, 4.69) is 29.4 Å². The van der Waals surface area contributed by atoms with E-state index in [-0.39, 0.29) is 0 Å². The first-order valence-corrected chi connectivity index (χ1v) is 9.06. The highest BCUT2D eigenvalue weighted by Crippen LogP contribution is 2.33. The Morgan fingerprint density at radius 1 is 0.920 bits per heavy atom. The van der Waals surface area contributed by atoms with Crippen LogP contribution >= 0.6 is 0 Å². The fraction of sp³-hybridized carbons (Fsp3) is 0.273. The molecule has 25 heavy (non-hydrogen) atoms. The minimum absolute atomic E-state index is 0.620. The molecule has 1 heterocycles. The van der Waals surface area contributed by atoms with Crippen molar-refractivity contribution in [2.45, 2.75) is 38.0 Å². The second-order valence-corrected chi connectivity index (χ2v) is 6.79. The second-order valence-electron chi connectivity index (χ2n) is 6.79. The van der Waals surface area contributed by atoms with E-state index in [9.17, 15) is 4.79 Å². The number of aromatic nitrogens is 2. The topological polar surface area (TPSA) is 34.9 Å². The van der Waals surface area contributed by atoms with E-state index in [0.717, 1.165) is 23.2 Å². The van der Waals surface area contributed by atoms with Crippen LogP contribution < -0.4 is 0 Å². The van der Waals surface area contributed by atoms with Crippen molar-refractivity contribution in [2.75, 3.05) is 0 Å². The lowest BCUT2D eigenvalue weighted by molar-refractivity contribution is 0.112. The Bertz CT molecular complexity index is 843. The lowest BCUT2D eigenvalue weighted by Crippen LogP contribution is -2.04. The number of hydrogen-bond donors (Lipinski definition) is 0. The number of hydrogen-bond acceptors (Lipinski definition) is 2. The van der Waals surface area contributed by atoms with Gasteiger partial charge in [-0.3, -0.25) is 4.79 Å². The summed E-state index contributed by atoms with van der Waals surface area (Å²) in [6.07, 6.45) is 9.31. The van der Waals surface area contributed by atoms with Crippen molar-refractivity contribution in [3.63, 3.8) is 0 Å². The molecule has 0 N–H and O–H groups in total. The molecule has 3 nitrogen and oxygen atoms in total. The summed E-state index contributed by atoms with van der Waals surface area (Å²) in [6, 6.07) is 18.5. The van der Waals surface area contributed by atoms with Crippen LogP contribution in [0.1, 0.15) is 53.9 Å². The van der Waals surface area contributed by atoms with Crippen LogP contribution in [0.5, 0.6) is 0 Å². The average Bonchev–Trinajstić information content (AvgIpc) is 3.14. The van der Waals surface area contributed by atoms with Gasteiger partial charge in [0.25, 0.3) is 0 Å². The summed E-state index contributed by atoms with van der Waals surface area (Å²) in [5.41, 5.74) is 4.73. The molecule has 3 aromatic rings. The highest BCUT2D eigenvalue weighted by atomic mass is 16.1. The van der Waals surface area contributed by atoms with Crippen molar-refractivity contribution in [1.29, 1.82) is 0 Å². The van der Waals surface area contributed by atoms with E-state index >= 15 is 0 Å². The van der Waals surface area contributed by atoms with Crippen molar-refractivity contribution in [3.05, 3.63) is 71.9 Å². The van der Waals surface area contributed by atoms with E-state index in [4.69, 9.17) is 0 Å². The van der Waals surface area contributed by atoms with Gasteiger partial charge in [0.15, 0.2) is 6.29 Å². The fourth-order valence-corrected chi connectivity index (χ4v) is 3.76. The molecule has 2 aromatic carbocycles. The van der Waals surface area contributed by atoms with Gasteiger partial charge in [-0.2, -0.15) is 5.10 Å². The van der Waals surface area contributed by atoms with Gasteiger partial charge in [0, 0.05) is 11.8 Å². The molecule has 0 atom stereocenters. The third-order valence-corrected chi connectivity index (χ3v) is 5.15. The smallest absolute Gasteiger partial charge is 0.153 e. The van der Waals surface area contributed by atoms with Crippen molar-refractivity contribution in [1.82, 2.24) is 9.78 Å². The third kappa shape index (κ3) is 3.27. The molecule has 1 aliphatic rings. The highest BCUT2D eigenvalue weighted by molar-refractivity contribution is 5.85. The first kappa shape index (κ1) is 15.8. The Morgan fingerprint density at radius 2 is 1.64 bits per heavy atom. The maximum Gasteiger partial charge on any atom is 0.153 e. The molecule has 0 radical (unpaired) electrons. The minimum Gasteiger partial charge on any atom is -0.298 e. The molecule has 0 aliphatic heterocycles. The van der Waals surface area contributed by atoms with Gasteiger partial charge in [0.1, 0.15) is 5.69 Å². The molecule has 0 saturated heterocycles. The zero-order chi connectivity index (χ0) is 17.1. The van der Waals surface area contributed by atoms with E-state index < -0.39 is 0 Å². The van der Waals surface area contributed by atoms with E-state index in [0.29, 0.717) is 11.5 Å². The van der Waals surface area contributed by atoms with Gasteiger partial charge in [0.05, 0.1) is 11.3 Å². The summed E-state index contributed by atoms with van der Waals surface area (Å²) in [4.78, 5) is 11.5. The molecular formula is C22H22N2O. The van der Waals surface area contributed by atoms with Crippen molar-refractivity contribution in [2.24, 2.45) is 0 Å². The van der Waals surface area contributed by atoms with Crippen LogP contribution in [0.2, 0.25) is 0 Å². The molecule has 1 aliphatic carbocycles. The lowest BCUT2D eigenvalue weighted by atomic mass is 9.84. The third-order valence-electron chi connectivity index (χ3n) is 5.15. The Morgan fingerprint density at radius 3 is 2.32 bits per heavy atom. The summed E-state index contributed by atoms with van der Waals surface area (Å²) in [5, 5.41) is 4.65. The molecule has 126 valence electrons. The number of rotatable bonds is 4. The van der Waals surface area contributed by atoms with Gasteiger partial charge in [-0.05, 0) is 36.5 Å². The van der Waals surface area contributed by atoms with Gasteiger partial charge in [-0.15, -0.1) is 0 Å². The zero-order valence-corrected chi connectivity index (χ0v) is 14.3. The van der Waals surface area contributed by atoms with Gasteiger partial charge in [-0.25, -0.2) is 4.68 Å². The maximum absolute atomic E-state index is 11.5. The Hall–Kier alpha value is -2.68. The monoisotopic (exact) mass is 330 g/mol. The second kappa shape index (κ2) is 7.06. The number of carbonyl (C=O) groups is 1. The van der Waals surface area contributed by atoms with E-state index in [1.54, 1.807) is 10.9 Å². The number of benzene rings is 2. The Balaban J connectivity index is 1.65. The molecule has 4 rings (SSSR count). The molecule has 3 heteroatoms. The summed E-state index contributed by atoms with van der Waals surface area (Å²) in [6.45, 7) is 0. The molecule has 1 fully saturated rings. The number of aldehydes is 1. The SMILES string of the molecule is O=Cc1cn(-c2ccccc2)nc1-c1ccc(C2CCCCC2)cc1. The Kier molecular flexibility index (Phi) is 4.47. The van der Waals surface area contributed by atoms with Crippen LogP contribution in [-0.2, 0) is 0 Å². The first-order valence-electron chi connectivity index (χ1n) is 9.06. The van der Waals surface area contributed by atoms with Crippen molar-refractivity contribution in [3.8, 4) is 16.9 Å². The standard InChI is InChI=1S/C22H22N2O/c25-16-20-15-24(21-9-5-2-6-10-21)23-22(20)19-13-11-18(12-14-19)17-7-3-1-4-8-17/h2,5-6,9-17H,1,3-4,7-8H2. The molecule has 1 aromatic heterocycles. The quantitative estimate of drug-likeness (QED) is 0.600. The van der Waals surface area contributed by atoms with Gasteiger partial charge < -0.3 is 0 Å². The van der Waals surface area contributed by atoms with Crippen LogP contribution in [0.25, 0.3) is 16.9 Å². The van der Waals surface area contributed by atoms with Crippen LogP contribution in [0.3, 0.4) is 0 Å². The summed E-state index contributed by atoms with van der Waals surface area (Å²) < 4.78 is 1.77. The Labute approximate surface area is 148 Å². The minimum atomic E-state index is 0.620. The van der Waals surface area contributed by atoms with Gasteiger partial charge >= 0.3 is 0 Å². The molecule has 0 spiro atoms. The fourth-order valence-electron chi connectivity index (χ4n) is 3.76. The first-order chi connectivity index (χ1) is 12.3.